The van der Waals surface area contributed by atoms with Crippen molar-refractivity contribution in [1.29, 1.82) is 0 Å². The van der Waals surface area contributed by atoms with E-state index < -0.39 is 0 Å². The van der Waals surface area contributed by atoms with Crippen molar-refractivity contribution in [2.45, 2.75) is 45.7 Å². The fourth-order valence-corrected chi connectivity index (χ4v) is 1.98. The van der Waals surface area contributed by atoms with Gasteiger partial charge >= 0.3 is 0 Å². The largest absolute Gasteiger partial charge is 0.496 e. The minimum Gasteiger partial charge on any atom is -0.496 e. The highest BCUT2D eigenvalue weighted by Crippen LogP contribution is 2.22. The summed E-state index contributed by atoms with van der Waals surface area (Å²) in [5.41, 5.74) is 1.11. The van der Waals surface area contributed by atoms with E-state index in [9.17, 15) is 0 Å². The number of unbranched alkanes of at least 4 members (excludes halogenated alkanes) is 1. The fraction of sp³-hybridized carbons (Fsp3) is 0.571. The minimum atomic E-state index is 0.527. The SMILES string of the molecule is CCCCC(C)NCc1cc(Cl)ccc1OC. The molecule has 1 N–H and O–H groups in total. The quantitative estimate of drug-likeness (QED) is 0.795. The lowest BCUT2D eigenvalue weighted by atomic mass is 10.1. The molecule has 0 amide bonds. The Morgan fingerprint density at radius 1 is 1.41 bits per heavy atom. The summed E-state index contributed by atoms with van der Waals surface area (Å²) in [5, 5.41) is 4.25. The second-order valence-electron chi connectivity index (χ2n) is 4.38. The molecule has 1 aromatic carbocycles. The number of nitrogens with one attached hydrogen (secondary N) is 1. The first kappa shape index (κ1) is 14.3. The molecule has 1 rings (SSSR count). The van der Waals surface area contributed by atoms with Crippen LogP contribution in [0.3, 0.4) is 0 Å². The van der Waals surface area contributed by atoms with E-state index in [1.165, 1.54) is 19.3 Å². The minimum absolute atomic E-state index is 0.527. The Kier molecular flexibility index (Phi) is 6.38. The lowest BCUT2D eigenvalue weighted by Crippen LogP contribution is -2.25. The van der Waals surface area contributed by atoms with Gasteiger partial charge in [0.05, 0.1) is 7.11 Å². The van der Waals surface area contributed by atoms with Crippen molar-refractivity contribution >= 4 is 11.6 Å². The van der Waals surface area contributed by atoms with Crippen LogP contribution in [0.2, 0.25) is 5.02 Å². The number of hydrogen-bond acceptors (Lipinski definition) is 2. The van der Waals surface area contributed by atoms with Gasteiger partial charge in [-0.3, -0.25) is 0 Å². The van der Waals surface area contributed by atoms with Gasteiger partial charge in [-0.05, 0) is 31.5 Å². The second-order valence-corrected chi connectivity index (χ2v) is 4.82. The van der Waals surface area contributed by atoms with Gasteiger partial charge in [-0.2, -0.15) is 0 Å². The summed E-state index contributed by atoms with van der Waals surface area (Å²) < 4.78 is 5.32. The predicted molar refractivity (Wildman–Crippen MR) is 73.8 cm³/mol. The average molecular weight is 256 g/mol. The number of hydrogen-bond donors (Lipinski definition) is 1. The molecule has 0 bridgehead atoms. The molecule has 1 atom stereocenters. The Hall–Kier alpha value is -0.730. The zero-order valence-corrected chi connectivity index (χ0v) is 11.7. The molecular formula is C14H22ClNO. The van der Waals surface area contributed by atoms with Crippen molar-refractivity contribution < 1.29 is 4.74 Å². The number of rotatable bonds is 7. The monoisotopic (exact) mass is 255 g/mol. The van der Waals surface area contributed by atoms with Crippen LogP contribution in [0.4, 0.5) is 0 Å². The van der Waals surface area contributed by atoms with E-state index in [0.29, 0.717) is 6.04 Å². The molecule has 17 heavy (non-hydrogen) atoms. The standard InChI is InChI=1S/C14H22ClNO/c1-4-5-6-11(2)16-10-12-9-13(15)7-8-14(12)17-3/h7-9,11,16H,4-6,10H2,1-3H3. The predicted octanol–water partition coefficient (Wildman–Crippen LogP) is 4.02. The molecule has 1 aromatic rings. The topological polar surface area (TPSA) is 21.3 Å². The molecule has 0 saturated carbocycles. The summed E-state index contributed by atoms with van der Waals surface area (Å²) in [5.74, 6) is 0.893. The molecular weight excluding hydrogens is 234 g/mol. The third-order valence-electron chi connectivity index (χ3n) is 2.87. The van der Waals surface area contributed by atoms with Gasteiger partial charge in [0.2, 0.25) is 0 Å². The normalized spacial score (nSPS) is 12.5. The molecule has 0 saturated heterocycles. The molecule has 96 valence electrons. The number of benzene rings is 1. The summed E-state index contributed by atoms with van der Waals surface area (Å²) in [7, 11) is 1.69. The summed E-state index contributed by atoms with van der Waals surface area (Å²) in [6.07, 6.45) is 3.72. The van der Waals surface area contributed by atoms with E-state index in [1.54, 1.807) is 7.11 Å². The number of halogens is 1. The van der Waals surface area contributed by atoms with Crippen molar-refractivity contribution in [3.63, 3.8) is 0 Å². The van der Waals surface area contributed by atoms with Crippen LogP contribution in [-0.4, -0.2) is 13.2 Å². The third-order valence-corrected chi connectivity index (χ3v) is 3.11. The summed E-state index contributed by atoms with van der Waals surface area (Å²) in [4.78, 5) is 0. The average Bonchev–Trinajstić information content (AvgIpc) is 2.34. The van der Waals surface area contributed by atoms with Gasteiger partial charge in [-0.1, -0.05) is 31.4 Å². The molecule has 0 aliphatic heterocycles. The van der Waals surface area contributed by atoms with Crippen LogP contribution < -0.4 is 10.1 Å². The lowest BCUT2D eigenvalue weighted by molar-refractivity contribution is 0.404. The zero-order chi connectivity index (χ0) is 12.7. The summed E-state index contributed by atoms with van der Waals surface area (Å²) >= 11 is 5.99. The maximum atomic E-state index is 5.99. The highest BCUT2D eigenvalue weighted by Gasteiger charge is 2.06. The van der Waals surface area contributed by atoms with Crippen LogP contribution in [-0.2, 0) is 6.54 Å². The van der Waals surface area contributed by atoms with E-state index in [0.717, 1.165) is 22.9 Å². The molecule has 0 radical (unpaired) electrons. The zero-order valence-electron chi connectivity index (χ0n) is 10.9. The van der Waals surface area contributed by atoms with Gasteiger partial charge < -0.3 is 10.1 Å². The maximum Gasteiger partial charge on any atom is 0.123 e. The summed E-state index contributed by atoms with van der Waals surface area (Å²) in [6, 6.07) is 6.25. The molecule has 3 heteroatoms. The first-order valence-electron chi connectivity index (χ1n) is 6.23. The van der Waals surface area contributed by atoms with Crippen LogP contribution in [0.15, 0.2) is 18.2 Å². The molecule has 0 spiro atoms. The van der Waals surface area contributed by atoms with Gasteiger partial charge in [-0.15, -0.1) is 0 Å². The van der Waals surface area contributed by atoms with Gasteiger partial charge in [0.1, 0.15) is 5.75 Å². The smallest absolute Gasteiger partial charge is 0.123 e. The summed E-state index contributed by atoms with van der Waals surface area (Å²) in [6.45, 7) is 5.23. The van der Waals surface area contributed by atoms with E-state index >= 15 is 0 Å². The van der Waals surface area contributed by atoms with Crippen molar-refractivity contribution in [3.05, 3.63) is 28.8 Å². The van der Waals surface area contributed by atoms with Gasteiger partial charge in [0, 0.05) is 23.2 Å². The highest BCUT2D eigenvalue weighted by atomic mass is 35.5. The van der Waals surface area contributed by atoms with Crippen molar-refractivity contribution in [3.8, 4) is 5.75 Å². The van der Waals surface area contributed by atoms with Crippen LogP contribution in [0.25, 0.3) is 0 Å². The van der Waals surface area contributed by atoms with Crippen molar-refractivity contribution in [2.24, 2.45) is 0 Å². The van der Waals surface area contributed by atoms with E-state index in [1.807, 2.05) is 18.2 Å². The Balaban J connectivity index is 2.52. The van der Waals surface area contributed by atoms with Crippen LogP contribution in [0, 0.1) is 0 Å². The van der Waals surface area contributed by atoms with Crippen LogP contribution in [0.1, 0.15) is 38.7 Å². The van der Waals surface area contributed by atoms with Crippen molar-refractivity contribution in [2.75, 3.05) is 7.11 Å². The Bertz CT molecular complexity index is 341. The Morgan fingerprint density at radius 2 is 2.18 bits per heavy atom. The highest BCUT2D eigenvalue weighted by molar-refractivity contribution is 6.30. The second kappa shape index (κ2) is 7.57. The lowest BCUT2D eigenvalue weighted by Gasteiger charge is -2.15. The first-order chi connectivity index (χ1) is 8.17. The molecule has 1 unspecified atom stereocenters. The van der Waals surface area contributed by atoms with Gasteiger partial charge in [0.25, 0.3) is 0 Å². The van der Waals surface area contributed by atoms with Crippen molar-refractivity contribution in [1.82, 2.24) is 5.32 Å². The van der Waals surface area contributed by atoms with E-state index in [2.05, 4.69) is 19.2 Å². The molecule has 0 aliphatic rings. The molecule has 0 aliphatic carbocycles. The number of methoxy groups -OCH3 is 1. The van der Waals surface area contributed by atoms with Crippen LogP contribution >= 0.6 is 11.6 Å². The molecule has 2 nitrogen and oxygen atoms in total. The van der Waals surface area contributed by atoms with Gasteiger partial charge in [-0.25, -0.2) is 0 Å². The molecule has 0 heterocycles. The maximum absolute atomic E-state index is 5.99. The molecule has 0 fully saturated rings. The molecule has 0 aromatic heterocycles. The Labute approximate surface area is 109 Å². The van der Waals surface area contributed by atoms with Gasteiger partial charge in [0.15, 0.2) is 0 Å². The third kappa shape index (κ3) is 4.97. The number of ether oxygens (including phenoxy) is 1. The fourth-order valence-electron chi connectivity index (χ4n) is 1.78. The van der Waals surface area contributed by atoms with Crippen LogP contribution in [0.5, 0.6) is 5.75 Å². The van der Waals surface area contributed by atoms with E-state index in [-0.39, 0.29) is 0 Å². The first-order valence-corrected chi connectivity index (χ1v) is 6.61. The Morgan fingerprint density at radius 3 is 2.82 bits per heavy atom. The van der Waals surface area contributed by atoms with E-state index in [4.69, 9.17) is 16.3 Å².